The highest BCUT2D eigenvalue weighted by Gasteiger charge is 2.23. The first-order valence-corrected chi connectivity index (χ1v) is 4.61. The zero-order chi connectivity index (χ0) is 12.5. The maximum absolute atomic E-state index is 13.5. The van der Waals surface area contributed by atoms with Crippen molar-refractivity contribution in [1.82, 2.24) is 0 Å². The fraction of sp³-hybridized carbons (Fsp3) is 0.364. The van der Waals surface area contributed by atoms with Crippen molar-refractivity contribution >= 4 is 5.97 Å². The molecule has 0 bridgehead atoms. The van der Waals surface area contributed by atoms with Crippen molar-refractivity contribution in [2.75, 3.05) is 0 Å². The van der Waals surface area contributed by atoms with Crippen LogP contribution in [0.3, 0.4) is 0 Å². The van der Waals surface area contributed by atoms with Crippen molar-refractivity contribution < 1.29 is 23.1 Å². The van der Waals surface area contributed by atoms with Gasteiger partial charge in [-0.2, -0.15) is 0 Å². The number of alkyl halides is 1. The molecule has 0 heterocycles. The summed E-state index contributed by atoms with van der Waals surface area (Å²) in [5, 5.41) is 8.49. The van der Waals surface area contributed by atoms with E-state index < -0.39 is 29.7 Å². The Labute approximate surface area is 90.7 Å². The minimum absolute atomic E-state index is 0.0809. The first-order chi connectivity index (χ1) is 7.21. The highest BCUT2D eigenvalue weighted by atomic mass is 19.2. The van der Waals surface area contributed by atoms with Crippen LogP contribution in [0.2, 0.25) is 0 Å². The van der Waals surface area contributed by atoms with Gasteiger partial charge in [0.05, 0.1) is 6.42 Å². The fourth-order valence-electron chi connectivity index (χ4n) is 1.28. The highest BCUT2D eigenvalue weighted by Crippen LogP contribution is 2.27. The number of aliphatic carboxylic acids is 1. The second kappa shape index (κ2) is 4.15. The zero-order valence-corrected chi connectivity index (χ0v) is 8.85. The Hall–Kier alpha value is -1.52. The van der Waals surface area contributed by atoms with Gasteiger partial charge < -0.3 is 5.11 Å². The summed E-state index contributed by atoms with van der Waals surface area (Å²) in [4.78, 5) is 10.4. The number of halogens is 3. The summed E-state index contributed by atoms with van der Waals surface area (Å²) in [6.07, 6.45) is -0.674. The number of rotatable bonds is 3. The van der Waals surface area contributed by atoms with E-state index in [2.05, 4.69) is 0 Å². The molecule has 0 saturated carbocycles. The number of benzene rings is 1. The number of carboxylic acids is 1. The molecule has 88 valence electrons. The molecule has 5 heteroatoms. The van der Waals surface area contributed by atoms with Crippen LogP contribution in [0.4, 0.5) is 13.2 Å². The smallest absolute Gasteiger partial charge is 0.307 e. The number of carbonyl (C=O) groups is 1. The largest absolute Gasteiger partial charge is 0.481 e. The maximum atomic E-state index is 13.5. The quantitative estimate of drug-likeness (QED) is 0.870. The highest BCUT2D eigenvalue weighted by molar-refractivity contribution is 5.70. The van der Waals surface area contributed by atoms with E-state index in [4.69, 9.17) is 5.11 Å². The van der Waals surface area contributed by atoms with Gasteiger partial charge in [0.15, 0.2) is 11.6 Å². The normalized spacial score (nSPS) is 11.6. The molecule has 1 N–H and O–H groups in total. The SMILES string of the molecule is CC(C)(F)c1cc(F)c(F)c(CC(=O)O)c1. The number of hydrogen-bond acceptors (Lipinski definition) is 1. The molecule has 1 aromatic carbocycles. The second-order valence-corrected chi connectivity index (χ2v) is 3.97. The van der Waals surface area contributed by atoms with Gasteiger partial charge in [-0.05, 0) is 31.5 Å². The van der Waals surface area contributed by atoms with Crippen LogP contribution in [0.25, 0.3) is 0 Å². The molecule has 0 unspecified atom stereocenters. The Kier molecular flexibility index (Phi) is 3.26. The Morgan fingerprint density at radius 2 is 1.94 bits per heavy atom. The zero-order valence-electron chi connectivity index (χ0n) is 8.85. The van der Waals surface area contributed by atoms with Crippen molar-refractivity contribution in [1.29, 1.82) is 0 Å². The van der Waals surface area contributed by atoms with Gasteiger partial charge >= 0.3 is 5.97 Å². The van der Waals surface area contributed by atoms with Crippen molar-refractivity contribution in [3.63, 3.8) is 0 Å². The third-order valence-corrected chi connectivity index (χ3v) is 2.13. The third-order valence-electron chi connectivity index (χ3n) is 2.13. The first-order valence-electron chi connectivity index (χ1n) is 4.61. The Morgan fingerprint density at radius 3 is 2.38 bits per heavy atom. The van der Waals surface area contributed by atoms with Crippen molar-refractivity contribution in [2.24, 2.45) is 0 Å². The minimum atomic E-state index is -1.85. The average Bonchev–Trinajstić information content (AvgIpc) is 2.10. The second-order valence-electron chi connectivity index (χ2n) is 3.97. The summed E-state index contributed by atoms with van der Waals surface area (Å²) >= 11 is 0. The van der Waals surface area contributed by atoms with Crippen molar-refractivity contribution in [2.45, 2.75) is 25.9 Å². The molecular weight excluding hydrogens is 221 g/mol. The Morgan fingerprint density at radius 1 is 1.38 bits per heavy atom. The predicted octanol–water partition coefficient (Wildman–Crippen LogP) is 2.80. The summed E-state index contributed by atoms with van der Waals surface area (Å²) in [6.45, 7) is 2.37. The summed E-state index contributed by atoms with van der Waals surface area (Å²) < 4.78 is 39.8. The first kappa shape index (κ1) is 12.5. The van der Waals surface area contributed by atoms with Crippen LogP contribution < -0.4 is 0 Å². The van der Waals surface area contributed by atoms with Crippen LogP contribution in [0.15, 0.2) is 12.1 Å². The van der Waals surface area contributed by atoms with Crippen LogP contribution in [-0.4, -0.2) is 11.1 Å². The lowest BCUT2D eigenvalue weighted by Gasteiger charge is -2.16. The van der Waals surface area contributed by atoms with Gasteiger partial charge in [-0.15, -0.1) is 0 Å². The van der Waals surface area contributed by atoms with Gasteiger partial charge in [0.25, 0.3) is 0 Å². The summed E-state index contributed by atoms with van der Waals surface area (Å²) in [7, 11) is 0. The lowest BCUT2D eigenvalue weighted by molar-refractivity contribution is -0.136. The van der Waals surface area contributed by atoms with Gasteiger partial charge in [-0.25, -0.2) is 13.2 Å². The van der Waals surface area contributed by atoms with Crippen LogP contribution in [0.5, 0.6) is 0 Å². The number of carboxylic acid groups (broad SMARTS) is 1. The lowest BCUT2D eigenvalue weighted by Crippen LogP contribution is -2.13. The van der Waals surface area contributed by atoms with E-state index >= 15 is 0 Å². The predicted molar refractivity (Wildman–Crippen MR) is 51.8 cm³/mol. The molecule has 16 heavy (non-hydrogen) atoms. The van der Waals surface area contributed by atoms with Crippen LogP contribution in [-0.2, 0) is 16.9 Å². The monoisotopic (exact) mass is 232 g/mol. The molecule has 2 nitrogen and oxygen atoms in total. The molecule has 0 amide bonds. The van der Waals surface area contributed by atoms with Gasteiger partial charge in [0.2, 0.25) is 0 Å². The van der Waals surface area contributed by atoms with E-state index in [0.29, 0.717) is 0 Å². The summed E-state index contributed by atoms with van der Waals surface area (Å²) in [6, 6.07) is 1.77. The van der Waals surface area contributed by atoms with Gasteiger partial charge in [0, 0.05) is 5.56 Å². The minimum Gasteiger partial charge on any atom is -0.481 e. The van der Waals surface area contributed by atoms with Gasteiger partial charge in [-0.1, -0.05) is 0 Å². The fourth-order valence-corrected chi connectivity index (χ4v) is 1.28. The van der Waals surface area contributed by atoms with Crippen molar-refractivity contribution in [3.8, 4) is 0 Å². The van der Waals surface area contributed by atoms with Crippen LogP contribution >= 0.6 is 0 Å². The topological polar surface area (TPSA) is 37.3 Å². The molecule has 0 saturated heterocycles. The van der Waals surface area contributed by atoms with E-state index in [9.17, 15) is 18.0 Å². The van der Waals surface area contributed by atoms with Crippen molar-refractivity contribution in [3.05, 3.63) is 34.9 Å². The molecule has 0 atom stereocenters. The molecule has 0 aromatic heterocycles. The standard InChI is InChI=1S/C11H11F3O2/c1-11(2,14)7-3-6(4-9(15)16)10(13)8(12)5-7/h3,5H,4H2,1-2H3,(H,15,16). The Balaban J connectivity index is 3.27. The molecular formula is C11H11F3O2. The van der Waals surface area contributed by atoms with Gasteiger partial charge in [-0.3, -0.25) is 4.79 Å². The van der Waals surface area contributed by atoms with Crippen LogP contribution in [0, 0.1) is 11.6 Å². The Bertz CT molecular complexity index is 422. The van der Waals surface area contributed by atoms with Gasteiger partial charge in [0.1, 0.15) is 5.67 Å². The van der Waals surface area contributed by atoms with E-state index in [-0.39, 0.29) is 11.1 Å². The average molecular weight is 232 g/mol. The van der Waals surface area contributed by atoms with E-state index in [1.54, 1.807) is 0 Å². The van der Waals surface area contributed by atoms with Crippen LogP contribution in [0.1, 0.15) is 25.0 Å². The molecule has 0 spiro atoms. The third kappa shape index (κ3) is 2.74. The molecule has 0 aliphatic rings. The lowest BCUT2D eigenvalue weighted by atomic mass is 9.96. The molecule has 1 aromatic rings. The molecule has 0 fully saturated rings. The summed E-state index contributed by atoms with van der Waals surface area (Å²) in [5.74, 6) is -3.78. The summed E-state index contributed by atoms with van der Waals surface area (Å²) in [5.41, 5.74) is -2.28. The van der Waals surface area contributed by atoms with E-state index in [1.165, 1.54) is 13.8 Å². The molecule has 0 aliphatic heterocycles. The van der Waals surface area contributed by atoms with E-state index in [0.717, 1.165) is 12.1 Å². The maximum Gasteiger partial charge on any atom is 0.307 e. The van der Waals surface area contributed by atoms with E-state index in [1.807, 2.05) is 0 Å². The number of hydrogen-bond donors (Lipinski definition) is 1. The molecule has 1 rings (SSSR count). The molecule has 0 aliphatic carbocycles. The molecule has 0 radical (unpaired) electrons.